The maximum Gasteiger partial charge on any atom is 0.138 e. The van der Waals surface area contributed by atoms with Crippen molar-refractivity contribution in [2.24, 2.45) is 0 Å². The molecular weight excluding hydrogens is 686 g/mol. The van der Waals surface area contributed by atoms with Gasteiger partial charge >= 0.3 is 0 Å². The highest BCUT2D eigenvalue weighted by Gasteiger charge is 2.39. The normalized spacial score (nSPS) is 13.9. The minimum Gasteiger partial charge on any atom is -0.297 e. The van der Waals surface area contributed by atoms with E-state index in [9.17, 15) is 0 Å². The molecule has 4 heteroatoms. The Balaban J connectivity index is 1.01. The lowest BCUT2D eigenvalue weighted by atomic mass is 9.94. The first-order valence-corrected chi connectivity index (χ1v) is 20.0. The number of pyridine rings is 1. The second-order valence-corrected chi connectivity index (χ2v) is 16.0. The van der Waals surface area contributed by atoms with Gasteiger partial charge in [0, 0.05) is 33.8 Å². The van der Waals surface area contributed by atoms with E-state index in [4.69, 9.17) is 4.98 Å². The number of rotatable bonds is 6. The molecule has 2 aliphatic rings. The zero-order valence-electron chi connectivity index (χ0n) is 29.9. The summed E-state index contributed by atoms with van der Waals surface area (Å²) < 4.78 is 5.08. The van der Waals surface area contributed by atoms with Crippen LogP contribution in [-0.4, -0.2) is 4.98 Å². The van der Waals surface area contributed by atoms with Gasteiger partial charge in [0.25, 0.3) is 0 Å². The summed E-state index contributed by atoms with van der Waals surface area (Å²) in [6.07, 6.45) is 1.96. The lowest BCUT2D eigenvalue weighted by molar-refractivity contribution is 1.42. The van der Waals surface area contributed by atoms with E-state index in [2.05, 4.69) is 210 Å². The number of hydrogen-bond donors (Lipinski definition) is 0. The van der Waals surface area contributed by atoms with Gasteiger partial charge in [0.1, 0.15) is 8.22 Å². The number of fused-ring (bicyclic) bond motifs is 4. The molecule has 55 heavy (non-hydrogen) atoms. The molecule has 0 fully saturated rings. The molecule has 0 bridgehead atoms. The fourth-order valence-corrected chi connectivity index (χ4v) is 10.9. The Kier molecular flexibility index (Phi) is 7.46. The summed E-state index contributed by atoms with van der Waals surface area (Å²) in [5.41, 5.74) is 18.0. The summed E-state index contributed by atoms with van der Waals surface area (Å²) >= 11 is 0. The fourth-order valence-electron chi connectivity index (χ4n) is 8.42. The Bertz CT molecular complexity index is 2860. The van der Waals surface area contributed by atoms with Crippen LogP contribution in [-0.2, 0) is 0 Å². The zero-order chi connectivity index (χ0) is 36.3. The Morgan fingerprint density at radius 1 is 0.345 bits per heavy atom. The topological polar surface area (TPSA) is 19.4 Å². The lowest BCUT2D eigenvalue weighted by Crippen LogP contribution is -2.21. The third-order valence-corrected chi connectivity index (χ3v) is 13.3. The van der Waals surface area contributed by atoms with Gasteiger partial charge in [-0.2, -0.15) is 0 Å². The average Bonchev–Trinajstić information content (AvgIpc) is 3.79. The first-order valence-electron chi connectivity index (χ1n) is 18.7. The van der Waals surface area contributed by atoms with Gasteiger partial charge in [-0.25, -0.2) is 0 Å². The second kappa shape index (κ2) is 13.0. The van der Waals surface area contributed by atoms with Gasteiger partial charge in [-0.05, 0) is 105 Å². The quantitative estimate of drug-likeness (QED) is 0.160. The molecule has 258 valence electrons. The van der Waals surface area contributed by atoms with Crippen LogP contribution in [0.15, 0.2) is 206 Å². The summed E-state index contributed by atoms with van der Waals surface area (Å²) in [6, 6.07) is 72.8. The fraction of sp³-hybridized carbons (Fsp3) is 0. The summed E-state index contributed by atoms with van der Waals surface area (Å²) in [4.78, 5) is 4.96. The highest BCUT2D eigenvalue weighted by molar-refractivity contribution is 7.70. The van der Waals surface area contributed by atoms with Gasteiger partial charge < -0.3 is 0 Å². The molecule has 0 radical (unpaired) electrons. The maximum atomic E-state index is 4.96. The van der Waals surface area contributed by atoms with Crippen LogP contribution in [0.1, 0.15) is 0 Å². The molecule has 0 saturated heterocycles. The van der Waals surface area contributed by atoms with Gasteiger partial charge in [0.15, 0.2) is 0 Å². The minimum atomic E-state index is -0.961. The Morgan fingerprint density at radius 3 is 1.51 bits per heavy atom. The van der Waals surface area contributed by atoms with Crippen LogP contribution < -0.4 is 14.6 Å². The van der Waals surface area contributed by atoms with Gasteiger partial charge in [-0.15, -0.1) is 0 Å². The van der Waals surface area contributed by atoms with E-state index in [0.717, 1.165) is 11.1 Å². The van der Waals surface area contributed by atoms with Crippen molar-refractivity contribution in [3.05, 3.63) is 206 Å². The van der Waals surface area contributed by atoms with Crippen molar-refractivity contribution in [3.63, 3.8) is 0 Å². The number of benzene rings is 8. The van der Waals surface area contributed by atoms with Crippen molar-refractivity contribution in [2.75, 3.05) is 9.34 Å². The third-order valence-electron chi connectivity index (χ3n) is 10.9. The maximum absolute atomic E-state index is 4.96. The third kappa shape index (κ3) is 5.20. The molecular formula is C51H34N3P. The molecule has 1 aromatic heterocycles. The first kappa shape index (κ1) is 31.7. The Hall–Kier alpha value is -6.80. The summed E-state index contributed by atoms with van der Waals surface area (Å²) in [5.74, 6) is 0. The first-order chi connectivity index (χ1) is 27.3. The Morgan fingerprint density at radius 2 is 0.855 bits per heavy atom. The summed E-state index contributed by atoms with van der Waals surface area (Å²) in [7, 11) is -0.961. The van der Waals surface area contributed by atoms with Crippen molar-refractivity contribution >= 4 is 47.2 Å². The minimum absolute atomic E-state index is 0.961. The van der Waals surface area contributed by atoms with E-state index >= 15 is 0 Å². The van der Waals surface area contributed by atoms with E-state index in [1.807, 2.05) is 6.20 Å². The molecule has 3 nitrogen and oxygen atoms in total. The van der Waals surface area contributed by atoms with Gasteiger partial charge in [-0.3, -0.25) is 14.3 Å². The molecule has 1 aliphatic heterocycles. The molecule has 9 aromatic rings. The van der Waals surface area contributed by atoms with Crippen LogP contribution >= 0.6 is 8.22 Å². The zero-order valence-corrected chi connectivity index (χ0v) is 30.8. The molecule has 2 heterocycles. The van der Waals surface area contributed by atoms with Crippen molar-refractivity contribution in [2.45, 2.75) is 0 Å². The second-order valence-electron chi connectivity index (χ2n) is 14.1. The van der Waals surface area contributed by atoms with Crippen molar-refractivity contribution in [1.82, 2.24) is 4.98 Å². The van der Waals surface area contributed by atoms with Gasteiger partial charge in [0.2, 0.25) is 0 Å². The molecule has 11 rings (SSSR count). The number of para-hydroxylation sites is 2. The average molecular weight is 720 g/mol. The highest BCUT2D eigenvalue weighted by atomic mass is 31.1. The molecule has 0 spiro atoms. The van der Waals surface area contributed by atoms with Crippen molar-refractivity contribution < 1.29 is 0 Å². The van der Waals surface area contributed by atoms with Crippen LogP contribution in [0.5, 0.6) is 0 Å². The summed E-state index contributed by atoms with van der Waals surface area (Å²) in [5, 5.41) is 2.54. The highest BCUT2D eigenvalue weighted by Crippen LogP contribution is 2.65. The predicted octanol–water partition coefficient (Wildman–Crippen LogP) is 13.8. The molecule has 0 saturated carbocycles. The van der Waals surface area contributed by atoms with Gasteiger partial charge in [0.05, 0.1) is 16.9 Å². The van der Waals surface area contributed by atoms with Crippen LogP contribution in [0, 0.1) is 0 Å². The van der Waals surface area contributed by atoms with E-state index < -0.39 is 8.22 Å². The standard InChI is InChI=1S/C51H34N3P/c1-4-18-40(19-5-1)53-48-29-26-38(34-49(48)54(41-20-6-2-7-21-41)55(53)42-22-8-3-9-23-42)36-15-12-14-35(32-36)37-16-13-17-39(33-37)43-27-28-46-44-24-10-11-25-45(44)47-30-31-52-51(43)50(46)47/h1-34H. The Labute approximate surface area is 322 Å². The van der Waals surface area contributed by atoms with E-state index in [1.165, 1.54) is 83.5 Å². The molecule has 0 N–H and O–H groups in total. The molecule has 0 amide bonds. The number of aromatic nitrogens is 1. The van der Waals surface area contributed by atoms with Gasteiger partial charge in [-0.1, -0.05) is 146 Å². The monoisotopic (exact) mass is 719 g/mol. The molecule has 1 aliphatic carbocycles. The van der Waals surface area contributed by atoms with Crippen LogP contribution in [0.25, 0.3) is 66.5 Å². The van der Waals surface area contributed by atoms with E-state index in [1.54, 1.807) is 0 Å². The molecule has 1 unspecified atom stereocenters. The largest absolute Gasteiger partial charge is 0.297 e. The number of nitrogens with zero attached hydrogens (tertiary/aromatic N) is 3. The molecule has 8 aromatic carbocycles. The smallest absolute Gasteiger partial charge is 0.138 e. The van der Waals surface area contributed by atoms with Crippen LogP contribution in [0.2, 0.25) is 0 Å². The molecule has 1 atom stereocenters. The summed E-state index contributed by atoms with van der Waals surface area (Å²) in [6.45, 7) is 0. The SMILES string of the molecule is c1ccc(N2c3ccc(-c4cccc(-c5cccc(-c6ccc7c8c(ccnc68)-c6ccccc6-7)c5)c4)cc3N(c3ccccc3)P2c2ccccc2)cc1. The van der Waals surface area contributed by atoms with Crippen molar-refractivity contribution in [3.8, 4) is 55.6 Å². The van der Waals surface area contributed by atoms with E-state index in [-0.39, 0.29) is 0 Å². The lowest BCUT2D eigenvalue weighted by Gasteiger charge is -2.32. The number of hydrogen-bond acceptors (Lipinski definition) is 3. The predicted molar refractivity (Wildman–Crippen MR) is 233 cm³/mol. The van der Waals surface area contributed by atoms with Crippen LogP contribution in [0.3, 0.4) is 0 Å². The number of anilines is 4. The van der Waals surface area contributed by atoms with Crippen LogP contribution in [0.4, 0.5) is 22.7 Å². The van der Waals surface area contributed by atoms with E-state index in [0.29, 0.717) is 0 Å². The van der Waals surface area contributed by atoms with Crippen molar-refractivity contribution in [1.29, 1.82) is 0 Å².